The van der Waals surface area contributed by atoms with E-state index in [9.17, 15) is 13.6 Å². The topological polar surface area (TPSA) is 39.3 Å². The first-order chi connectivity index (χ1) is 9.47. The Morgan fingerprint density at radius 3 is 2.80 bits per heavy atom. The number of halogens is 2. The third kappa shape index (κ3) is 3.55. The first-order valence-corrected chi connectivity index (χ1v) is 7.13. The van der Waals surface area contributed by atoms with Gasteiger partial charge in [-0.1, -0.05) is 0 Å². The summed E-state index contributed by atoms with van der Waals surface area (Å²) in [5.41, 5.74) is 1.48. The number of amides is 1. The molecule has 0 aliphatic rings. The lowest BCUT2D eigenvalue weighted by atomic mass is 10.3. The molecule has 2 rings (SSSR count). The molecule has 0 saturated heterocycles. The van der Waals surface area contributed by atoms with Crippen molar-refractivity contribution in [2.45, 2.75) is 6.43 Å². The van der Waals surface area contributed by atoms with Gasteiger partial charge in [-0.05, 0) is 24.6 Å². The van der Waals surface area contributed by atoms with Crippen LogP contribution in [0.15, 0.2) is 17.5 Å². The van der Waals surface area contributed by atoms with Crippen molar-refractivity contribution in [3.8, 4) is 0 Å². The minimum absolute atomic E-state index is 0.126. The summed E-state index contributed by atoms with van der Waals surface area (Å²) in [6, 6.07) is 3.74. The summed E-state index contributed by atoms with van der Waals surface area (Å²) in [7, 11) is 3.29. The van der Waals surface area contributed by atoms with Crippen LogP contribution in [-0.2, 0) is 0 Å². The maximum atomic E-state index is 12.2. The van der Waals surface area contributed by atoms with Crippen molar-refractivity contribution in [3.63, 3.8) is 0 Å². The molecule has 0 saturated carbocycles. The molecular weight excluding hydrogens is 284 g/mol. The number of hydrogen-bond donors (Lipinski definition) is 1. The molecule has 0 bridgehead atoms. The van der Waals surface area contributed by atoms with Crippen LogP contribution in [0.4, 0.5) is 8.78 Å². The van der Waals surface area contributed by atoms with Crippen molar-refractivity contribution in [1.29, 1.82) is 0 Å². The number of rotatable bonds is 6. The first kappa shape index (κ1) is 14.9. The lowest BCUT2D eigenvalue weighted by molar-refractivity contribution is 0.0740. The lowest BCUT2D eigenvalue weighted by Gasteiger charge is -2.21. The smallest absolute Gasteiger partial charge is 0.270 e. The van der Waals surface area contributed by atoms with E-state index in [0.29, 0.717) is 18.8 Å². The van der Waals surface area contributed by atoms with Gasteiger partial charge in [-0.25, -0.2) is 8.78 Å². The highest BCUT2D eigenvalue weighted by Crippen LogP contribution is 2.21. The number of hydrogen-bond acceptors (Lipinski definition) is 3. The molecule has 0 radical (unpaired) electrons. The Morgan fingerprint density at radius 1 is 1.40 bits per heavy atom. The van der Waals surface area contributed by atoms with Gasteiger partial charge in [-0.3, -0.25) is 9.69 Å². The minimum Gasteiger partial charge on any atom is -0.350 e. The molecule has 0 atom stereocenters. The predicted octanol–water partition coefficient (Wildman–Crippen LogP) is 2.50. The number of H-pyrrole nitrogens is 1. The van der Waals surface area contributed by atoms with Gasteiger partial charge in [-0.15, -0.1) is 11.3 Å². The van der Waals surface area contributed by atoms with Gasteiger partial charge in [0.15, 0.2) is 0 Å². The van der Waals surface area contributed by atoms with Crippen LogP contribution in [0.2, 0.25) is 0 Å². The van der Waals surface area contributed by atoms with Crippen molar-refractivity contribution in [2.75, 3.05) is 33.7 Å². The van der Waals surface area contributed by atoms with Crippen LogP contribution in [0.25, 0.3) is 10.2 Å². The van der Waals surface area contributed by atoms with E-state index in [4.69, 9.17) is 0 Å². The molecule has 2 heterocycles. The van der Waals surface area contributed by atoms with E-state index < -0.39 is 6.43 Å². The quantitative estimate of drug-likeness (QED) is 0.890. The molecule has 1 N–H and O–H groups in total. The molecule has 110 valence electrons. The zero-order valence-corrected chi connectivity index (χ0v) is 12.2. The molecule has 0 fully saturated rings. The molecule has 0 aliphatic heterocycles. The Kier molecular flexibility index (Phi) is 4.72. The summed E-state index contributed by atoms with van der Waals surface area (Å²) in [5.74, 6) is -0.126. The second-order valence-electron chi connectivity index (χ2n) is 4.76. The fourth-order valence-corrected chi connectivity index (χ4v) is 2.70. The largest absolute Gasteiger partial charge is 0.350 e. The molecule has 4 nitrogen and oxygen atoms in total. The van der Waals surface area contributed by atoms with E-state index in [0.717, 1.165) is 10.2 Å². The number of nitrogens with zero attached hydrogens (tertiary/aromatic N) is 2. The highest BCUT2D eigenvalue weighted by atomic mass is 32.1. The Labute approximate surface area is 120 Å². The van der Waals surface area contributed by atoms with Crippen LogP contribution in [0.3, 0.4) is 0 Å². The lowest BCUT2D eigenvalue weighted by Crippen LogP contribution is -2.36. The monoisotopic (exact) mass is 301 g/mol. The molecule has 2 aromatic heterocycles. The van der Waals surface area contributed by atoms with Crippen LogP contribution in [0.5, 0.6) is 0 Å². The van der Waals surface area contributed by atoms with E-state index in [1.807, 2.05) is 17.5 Å². The first-order valence-electron chi connectivity index (χ1n) is 6.25. The minimum atomic E-state index is -2.35. The van der Waals surface area contributed by atoms with Gasteiger partial charge < -0.3 is 9.88 Å². The van der Waals surface area contributed by atoms with E-state index in [-0.39, 0.29) is 12.5 Å². The number of carbonyl (C=O) groups excluding carboxylic acids is 1. The van der Waals surface area contributed by atoms with Crippen molar-refractivity contribution in [1.82, 2.24) is 14.8 Å². The van der Waals surface area contributed by atoms with E-state index >= 15 is 0 Å². The summed E-state index contributed by atoms with van der Waals surface area (Å²) < 4.78 is 25.4. The van der Waals surface area contributed by atoms with Crippen molar-refractivity contribution >= 4 is 27.5 Å². The van der Waals surface area contributed by atoms with Crippen LogP contribution >= 0.6 is 11.3 Å². The second kappa shape index (κ2) is 6.32. The van der Waals surface area contributed by atoms with Crippen LogP contribution < -0.4 is 0 Å². The molecule has 0 aliphatic carbocycles. The molecular formula is C13H17F2N3OS. The molecule has 0 unspecified atom stereocenters. The molecule has 20 heavy (non-hydrogen) atoms. The summed E-state index contributed by atoms with van der Waals surface area (Å²) in [6.45, 7) is 0.552. The molecule has 0 spiro atoms. The number of likely N-dealkylation sites (N-methyl/N-ethyl adjacent to an activating group) is 2. The number of thiophene rings is 1. The van der Waals surface area contributed by atoms with Gasteiger partial charge in [0.2, 0.25) is 0 Å². The zero-order chi connectivity index (χ0) is 14.7. The standard InChI is InChI=1S/C13H17F2N3OS/c1-17(8-12(14)15)4-5-18(2)13(19)10-7-11-9(16-10)3-6-20-11/h3,6-7,12,16H,4-5,8H2,1-2H3. The molecule has 0 aromatic carbocycles. The molecule has 2 aromatic rings. The highest BCUT2D eigenvalue weighted by Gasteiger charge is 2.16. The molecule has 7 heteroatoms. The predicted molar refractivity (Wildman–Crippen MR) is 76.6 cm³/mol. The summed E-state index contributed by atoms with van der Waals surface area (Å²) in [4.78, 5) is 18.3. The van der Waals surface area contributed by atoms with Crippen LogP contribution in [0, 0.1) is 0 Å². The Bertz CT molecular complexity index is 552. The number of aromatic nitrogens is 1. The number of alkyl halides is 2. The third-order valence-electron chi connectivity index (χ3n) is 3.08. The van der Waals surface area contributed by atoms with Crippen molar-refractivity contribution in [2.24, 2.45) is 0 Å². The zero-order valence-electron chi connectivity index (χ0n) is 11.4. The number of aromatic amines is 1. The van der Waals surface area contributed by atoms with Gasteiger partial charge in [0.05, 0.1) is 16.8 Å². The number of nitrogens with one attached hydrogen (secondary N) is 1. The van der Waals surface area contributed by atoms with Crippen LogP contribution in [0.1, 0.15) is 10.5 Å². The van der Waals surface area contributed by atoms with Gasteiger partial charge in [0, 0.05) is 20.1 Å². The fraction of sp³-hybridized carbons (Fsp3) is 0.462. The average Bonchev–Trinajstić information content (AvgIpc) is 2.94. The van der Waals surface area contributed by atoms with Crippen molar-refractivity contribution in [3.05, 3.63) is 23.2 Å². The summed E-state index contributed by atoms with van der Waals surface area (Å²) in [6.07, 6.45) is -2.35. The van der Waals surface area contributed by atoms with E-state index in [2.05, 4.69) is 4.98 Å². The van der Waals surface area contributed by atoms with Gasteiger partial charge in [-0.2, -0.15) is 0 Å². The Balaban J connectivity index is 1.90. The average molecular weight is 301 g/mol. The SMILES string of the molecule is CN(CCN(C)C(=O)c1cc2sccc2[nH]1)CC(F)F. The fourth-order valence-electron chi connectivity index (χ4n) is 1.92. The highest BCUT2D eigenvalue weighted by molar-refractivity contribution is 7.17. The van der Waals surface area contributed by atoms with Crippen molar-refractivity contribution < 1.29 is 13.6 Å². The van der Waals surface area contributed by atoms with Crippen LogP contribution in [-0.4, -0.2) is 60.8 Å². The number of fused-ring (bicyclic) bond motifs is 1. The maximum absolute atomic E-state index is 12.2. The van der Waals surface area contributed by atoms with Gasteiger partial charge in [0.1, 0.15) is 5.69 Å². The maximum Gasteiger partial charge on any atom is 0.270 e. The Hall–Kier alpha value is -1.47. The molecule has 1 amide bonds. The third-order valence-corrected chi connectivity index (χ3v) is 3.95. The Morgan fingerprint density at radius 2 is 2.15 bits per heavy atom. The van der Waals surface area contributed by atoms with Gasteiger partial charge in [0.25, 0.3) is 12.3 Å². The van der Waals surface area contributed by atoms with E-state index in [1.165, 1.54) is 9.80 Å². The normalized spacial score (nSPS) is 11.7. The van der Waals surface area contributed by atoms with E-state index in [1.54, 1.807) is 25.4 Å². The summed E-state index contributed by atoms with van der Waals surface area (Å²) >= 11 is 1.57. The second-order valence-corrected chi connectivity index (χ2v) is 5.71. The van der Waals surface area contributed by atoms with Gasteiger partial charge >= 0.3 is 0 Å². The number of carbonyl (C=O) groups is 1. The summed E-state index contributed by atoms with van der Waals surface area (Å²) in [5, 5.41) is 1.96.